The summed E-state index contributed by atoms with van der Waals surface area (Å²) < 4.78 is 21.6. The highest BCUT2D eigenvalue weighted by molar-refractivity contribution is 7.18. The number of carbonyl (C=O) groups excluding carboxylic acids is 1. The fourth-order valence-corrected chi connectivity index (χ4v) is 9.39. The molecule has 0 aliphatic heterocycles. The largest absolute Gasteiger partial charge is 0.339 e. The summed E-state index contributed by atoms with van der Waals surface area (Å²) in [5.74, 6) is 2.29. The van der Waals surface area contributed by atoms with E-state index in [-0.39, 0.29) is 16.7 Å². The number of pyridine rings is 1. The van der Waals surface area contributed by atoms with Gasteiger partial charge in [0.15, 0.2) is 5.82 Å². The maximum atomic E-state index is 14.6. The molecule has 216 valence electrons. The predicted octanol–water partition coefficient (Wildman–Crippen LogP) is 7.44. The molecule has 1 amide bonds. The average Bonchev–Trinajstić information content (AvgIpc) is 3.57. The molecule has 7 saturated carbocycles. The van der Waals surface area contributed by atoms with Gasteiger partial charge < -0.3 is 9.42 Å². The van der Waals surface area contributed by atoms with Crippen molar-refractivity contribution in [2.24, 2.45) is 10.8 Å². The molecule has 0 radical (unpaired) electrons. The van der Waals surface area contributed by atoms with Gasteiger partial charge in [0.05, 0.1) is 32.5 Å². The fraction of sp³-hybridized carbons (Fsp3) is 0.545. The quantitative estimate of drug-likeness (QED) is 0.225. The highest BCUT2D eigenvalue weighted by Crippen LogP contribution is 2.70. The summed E-state index contributed by atoms with van der Waals surface area (Å²) in [6.07, 6.45) is 13.2. The first-order chi connectivity index (χ1) is 20.3. The topological polar surface area (TPSA) is 85.0 Å². The average molecular weight is 584 g/mol. The molecule has 11 rings (SSSR count). The van der Waals surface area contributed by atoms with Crippen LogP contribution in [0.3, 0.4) is 0 Å². The first kappa shape index (κ1) is 25.3. The molecule has 4 aromatic rings. The normalized spacial score (nSPS) is 32.9. The molecule has 1 aromatic carbocycles. The van der Waals surface area contributed by atoms with Gasteiger partial charge in [-0.25, -0.2) is 9.37 Å². The second-order valence-corrected chi connectivity index (χ2v) is 15.4. The van der Waals surface area contributed by atoms with E-state index in [0.29, 0.717) is 31.7 Å². The Kier molecular flexibility index (Phi) is 5.10. The van der Waals surface area contributed by atoms with Crippen LogP contribution in [-0.4, -0.2) is 38.2 Å². The van der Waals surface area contributed by atoms with Gasteiger partial charge in [0.2, 0.25) is 11.8 Å². The van der Waals surface area contributed by atoms with Gasteiger partial charge in [0.1, 0.15) is 5.67 Å². The lowest BCUT2D eigenvalue weighted by Gasteiger charge is -2.65. The molecule has 3 aromatic heterocycles. The molecule has 7 aliphatic rings. The van der Waals surface area contributed by atoms with Crippen molar-refractivity contribution in [1.29, 1.82) is 0 Å². The molecule has 9 heteroatoms. The van der Waals surface area contributed by atoms with E-state index in [0.717, 1.165) is 82.3 Å². The Hall–Kier alpha value is -3.20. The molecule has 0 N–H and O–H groups in total. The third kappa shape index (κ3) is 3.77. The third-order valence-corrected chi connectivity index (χ3v) is 12.2. The molecule has 42 heavy (non-hydrogen) atoms. The number of carbonyl (C=O) groups is 1. The third-order valence-electron chi connectivity index (χ3n) is 11.3. The Morgan fingerprint density at radius 1 is 1.02 bits per heavy atom. The summed E-state index contributed by atoms with van der Waals surface area (Å²) in [6.45, 7) is 2.67. The van der Waals surface area contributed by atoms with Crippen molar-refractivity contribution < 1.29 is 13.7 Å². The Morgan fingerprint density at radius 3 is 2.50 bits per heavy atom. The van der Waals surface area contributed by atoms with Crippen molar-refractivity contribution >= 4 is 33.1 Å². The van der Waals surface area contributed by atoms with Crippen LogP contribution < -0.4 is 4.90 Å². The summed E-state index contributed by atoms with van der Waals surface area (Å²) in [5.41, 5.74) is 2.19. The molecule has 7 nitrogen and oxygen atoms in total. The number of nitrogens with zero attached hydrogens (tertiary/aromatic N) is 5. The number of alkyl halides is 1. The molecular formula is C33H34FN5O2S. The van der Waals surface area contributed by atoms with Crippen molar-refractivity contribution in [3.05, 3.63) is 53.4 Å². The van der Waals surface area contributed by atoms with E-state index in [9.17, 15) is 9.18 Å². The number of halogens is 1. The van der Waals surface area contributed by atoms with Crippen molar-refractivity contribution in [1.82, 2.24) is 20.1 Å². The van der Waals surface area contributed by atoms with Crippen molar-refractivity contribution in [3.63, 3.8) is 0 Å². The first-order valence-electron chi connectivity index (χ1n) is 15.4. The van der Waals surface area contributed by atoms with E-state index in [1.807, 2.05) is 24.2 Å². The van der Waals surface area contributed by atoms with Crippen molar-refractivity contribution in [3.8, 4) is 11.1 Å². The molecule has 0 unspecified atom stereocenters. The molecular weight excluding hydrogens is 549 g/mol. The number of hydrogen-bond donors (Lipinski definition) is 0. The zero-order valence-electron chi connectivity index (χ0n) is 23.9. The lowest BCUT2D eigenvalue weighted by molar-refractivity contribution is -0.211. The zero-order valence-corrected chi connectivity index (χ0v) is 24.7. The van der Waals surface area contributed by atoms with Crippen molar-refractivity contribution in [2.45, 2.75) is 94.6 Å². The molecule has 0 atom stereocenters. The Bertz CT molecular complexity index is 1710. The summed E-state index contributed by atoms with van der Waals surface area (Å²) in [6, 6.07) is 8.39. The van der Waals surface area contributed by atoms with Gasteiger partial charge in [-0.15, -0.1) is 11.3 Å². The second-order valence-electron chi connectivity index (χ2n) is 14.2. The van der Waals surface area contributed by atoms with Crippen molar-refractivity contribution in [2.75, 3.05) is 11.4 Å². The number of aromatic nitrogens is 4. The minimum absolute atomic E-state index is 0.0275. The first-order valence-corrected chi connectivity index (χ1v) is 16.2. The number of anilines is 1. The summed E-state index contributed by atoms with van der Waals surface area (Å²) in [7, 11) is 0. The van der Waals surface area contributed by atoms with Crippen LogP contribution in [0.15, 0.2) is 41.2 Å². The SMILES string of the molecule is Cc1nc2ccc(-c3cncc(N(CC45CCC(c6nc(C7CC7)no6)(CC4)CC5)C(=O)C45CC(F)(C4)C5)c3)cc2s1. The van der Waals surface area contributed by atoms with Gasteiger partial charge in [-0.05, 0) is 107 Å². The number of aryl methyl sites for hydroxylation is 1. The number of amides is 1. The smallest absolute Gasteiger partial charge is 0.233 e. The van der Waals surface area contributed by atoms with Gasteiger partial charge in [0.25, 0.3) is 0 Å². The van der Waals surface area contributed by atoms with Crippen LogP contribution in [0.25, 0.3) is 21.3 Å². The maximum absolute atomic E-state index is 14.6. The molecule has 0 spiro atoms. The van der Waals surface area contributed by atoms with E-state index >= 15 is 0 Å². The van der Waals surface area contributed by atoms with Crippen LogP contribution in [0.5, 0.6) is 0 Å². The summed E-state index contributed by atoms with van der Waals surface area (Å²) in [4.78, 5) is 30.3. The van der Waals surface area contributed by atoms with Gasteiger partial charge in [0, 0.05) is 29.6 Å². The van der Waals surface area contributed by atoms with E-state index < -0.39 is 11.1 Å². The zero-order chi connectivity index (χ0) is 28.3. The van der Waals surface area contributed by atoms with Crippen LogP contribution in [0.2, 0.25) is 0 Å². The Balaban J connectivity index is 1.02. The van der Waals surface area contributed by atoms with Crippen LogP contribution in [0.4, 0.5) is 10.1 Å². The van der Waals surface area contributed by atoms with Crippen LogP contribution in [-0.2, 0) is 10.2 Å². The Labute approximate surface area is 247 Å². The lowest BCUT2D eigenvalue weighted by atomic mass is 9.41. The maximum Gasteiger partial charge on any atom is 0.233 e. The number of thiazole rings is 1. The van der Waals surface area contributed by atoms with Gasteiger partial charge >= 0.3 is 0 Å². The van der Waals surface area contributed by atoms with E-state index in [1.165, 1.54) is 12.8 Å². The summed E-state index contributed by atoms with van der Waals surface area (Å²) >= 11 is 1.68. The molecule has 7 fully saturated rings. The number of rotatable bonds is 7. The van der Waals surface area contributed by atoms with E-state index in [1.54, 1.807) is 11.3 Å². The van der Waals surface area contributed by atoms with Crippen LogP contribution in [0.1, 0.15) is 93.3 Å². The minimum Gasteiger partial charge on any atom is -0.339 e. The molecule has 4 bridgehead atoms. The van der Waals surface area contributed by atoms with Gasteiger partial charge in [-0.2, -0.15) is 4.98 Å². The van der Waals surface area contributed by atoms with Gasteiger partial charge in [-0.3, -0.25) is 9.78 Å². The second kappa shape index (κ2) is 8.46. The Morgan fingerprint density at radius 2 is 1.79 bits per heavy atom. The number of fused-ring (bicyclic) bond motifs is 4. The van der Waals surface area contributed by atoms with Gasteiger partial charge in [-0.1, -0.05) is 11.2 Å². The molecule has 7 aliphatic carbocycles. The standard InChI is InChI=1S/C33H34FN5O2S/c1-20-36-25-5-4-22(13-26(25)42-20)23-12-24(15-35-14-23)39(29(40)32-16-33(34,17-32)18-32)19-30-6-9-31(10-7-30,11-8-30)28-37-27(38-41-28)21-2-3-21/h4-5,12-15,21H,2-3,6-11,16-19H2,1H3. The highest BCUT2D eigenvalue weighted by atomic mass is 32.1. The highest BCUT2D eigenvalue weighted by Gasteiger charge is 2.73. The molecule has 3 heterocycles. The number of benzene rings is 1. The van der Waals surface area contributed by atoms with Crippen LogP contribution >= 0.6 is 11.3 Å². The fourth-order valence-electron chi connectivity index (χ4n) is 8.52. The lowest BCUT2D eigenvalue weighted by Crippen LogP contribution is -2.71. The predicted molar refractivity (Wildman–Crippen MR) is 158 cm³/mol. The monoisotopic (exact) mass is 583 g/mol. The number of hydrogen-bond acceptors (Lipinski definition) is 7. The van der Waals surface area contributed by atoms with E-state index in [2.05, 4.69) is 39.4 Å². The minimum atomic E-state index is -1.12. The van der Waals surface area contributed by atoms with E-state index in [4.69, 9.17) is 9.51 Å². The summed E-state index contributed by atoms with van der Waals surface area (Å²) in [5, 5.41) is 5.36. The molecule has 0 saturated heterocycles. The van der Waals surface area contributed by atoms with Crippen LogP contribution in [0, 0.1) is 17.8 Å².